The van der Waals surface area contributed by atoms with Crippen molar-refractivity contribution < 1.29 is 13.0 Å². The van der Waals surface area contributed by atoms with E-state index < -0.39 is 30.9 Å². The van der Waals surface area contributed by atoms with Crippen LogP contribution in [0.2, 0.25) is 5.02 Å². The van der Waals surface area contributed by atoms with E-state index in [4.69, 9.17) is 25.6 Å². The van der Waals surface area contributed by atoms with Gasteiger partial charge in [0.25, 0.3) is 0 Å². The molecule has 1 amide bonds. The molecule has 2 N–H and O–H groups in total. The number of benzene rings is 1. The molecule has 0 aliphatic heterocycles. The van der Waals surface area contributed by atoms with Gasteiger partial charge < -0.3 is 5.73 Å². The van der Waals surface area contributed by atoms with Gasteiger partial charge in [-0.3, -0.25) is 4.79 Å². The number of hydrogen-bond donors (Lipinski definition) is 1. The summed E-state index contributed by atoms with van der Waals surface area (Å²) in [6, 6.07) is 4.82. The number of hydrogen-bond acceptors (Lipinski definition) is 1. The lowest BCUT2D eigenvalue weighted by molar-refractivity contribution is -0.121. The van der Waals surface area contributed by atoms with Gasteiger partial charge in [-0.05, 0) is 59.9 Å². The van der Waals surface area contributed by atoms with Crippen LogP contribution in [0.3, 0.4) is 0 Å². The number of carbonyl (C=O) groups excluding carboxylic acids is 1. The molecule has 1 atom stereocenters. The Balaban J connectivity index is 2.36. The van der Waals surface area contributed by atoms with E-state index in [1.807, 2.05) is 0 Å². The van der Waals surface area contributed by atoms with E-state index >= 15 is 0 Å². The van der Waals surface area contributed by atoms with Crippen molar-refractivity contribution in [3.8, 4) is 0 Å². The first-order chi connectivity index (χ1) is 10.4. The zero-order valence-electron chi connectivity index (χ0n) is 14.9. The van der Waals surface area contributed by atoms with Crippen LogP contribution in [0.1, 0.15) is 38.5 Å². The molecule has 0 fully saturated rings. The van der Waals surface area contributed by atoms with Gasteiger partial charge in [0.2, 0.25) is 5.91 Å². The summed E-state index contributed by atoms with van der Waals surface area (Å²) in [6.07, 6.45) is -8.15. The second kappa shape index (κ2) is 3.88. The van der Waals surface area contributed by atoms with Gasteiger partial charge in [0.1, 0.15) is 0 Å². The van der Waals surface area contributed by atoms with Crippen molar-refractivity contribution in [3.05, 3.63) is 39.9 Å². The second-order valence-corrected chi connectivity index (χ2v) is 4.54. The predicted molar refractivity (Wildman–Crippen MR) is 68.6 cm³/mol. The Bertz CT molecular complexity index is 758. The molecule has 0 saturated carbocycles. The molecule has 0 aromatic heterocycles. The Morgan fingerprint density at radius 3 is 3.12 bits per heavy atom. The molecule has 0 saturated heterocycles. The fourth-order valence-corrected chi connectivity index (χ4v) is 2.47. The van der Waals surface area contributed by atoms with Crippen LogP contribution in [0.25, 0.3) is 5.57 Å². The van der Waals surface area contributed by atoms with Crippen LogP contribution >= 0.6 is 11.6 Å². The summed E-state index contributed by atoms with van der Waals surface area (Å²) in [4.78, 5) is 11.9. The minimum absolute atomic E-state index is 0.000995. The topological polar surface area (TPSA) is 43.1 Å². The first-order valence-corrected chi connectivity index (χ1v) is 5.62. The van der Waals surface area contributed by atoms with Gasteiger partial charge in [0.05, 0.1) is 5.92 Å². The maximum atomic E-state index is 11.9. The number of amides is 1. The van der Waals surface area contributed by atoms with Crippen molar-refractivity contribution in [1.82, 2.24) is 0 Å². The quantitative estimate of drug-likeness (QED) is 0.822. The third-order valence-corrected chi connectivity index (χ3v) is 3.32. The fraction of sp³-hybridized carbons (Fsp3) is 0.357. The van der Waals surface area contributed by atoms with Gasteiger partial charge >= 0.3 is 0 Å². The molecule has 1 unspecified atom stereocenters. The number of allylic oxidation sites excluding steroid dienone is 1. The molecular weight excluding hydrogens is 234 g/mol. The average Bonchev–Trinajstić information content (AvgIpc) is 2.74. The Morgan fingerprint density at radius 1 is 1.53 bits per heavy atom. The van der Waals surface area contributed by atoms with Crippen molar-refractivity contribution in [1.29, 1.82) is 0 Å². The second-order valence-electron chi connectivity index (χ2n) is 4.11. The van der Waals surface area contributed by atoms with Gasteiger partial charge in [-0.1, -0.05) is 17.7 Å². The molecule has 0 radical (unpaired) electrons. The molecule has 0 spiro atoms. The van der Waals surface area contributed by atoms with Crippen molar-refractivity contribution in [2.24, 2.45) is 11.7 Å². The van der Waals surface area contributed by atoms with Crippen molar-refractivity contribution in [2.45, 2.75) is 25.5 Å². The van der Waals surface area contributed by atoms with Gasteiger partial charge in [-0.15, -0.1) is 0 Å². The molecule has 2 nitrogen and oxygen atoms in total. The minimum atomic E-state index is -2.93. The summed E-state index contributed by atoms with van der Waals surface area (Å²) in [7, 11) is 0. The zero-order valence-corrected chi connectivity index (χ0v) is 9.64. The average molecular weight is 254 g/mol. The van der Waals surface area contributed by atoms with Gasteiger partial charge in [-0.2, -0.15) is 0 Å². The maximum Gasteiger partial charge on any atom is 0.224 e. The predicted octanol–water partition coefficient (Wildman–Crippen LogP) is 2.94. The summed E-state index contributed by atoms with van der Waals surface area (Å²) in [5, 5.41) is 0.359. The van der Waals surface area contributed by atoms with Gasteiger partial charge in [-0.25, -0.2) is 0 Å². The summed E-state index contributed by atoms with van der Waals surface area (Å²) in [5.41, 5.74) is 6.66. The summed E-state index contributed by atoms with van der Waals surface area (Å²) >= 11 is 5.97. The normalized spacial score (nSPS) is 36.4. The van der Waals surface area contributed by atoms with Crippen LogP contribution in [-0.4, -0.2) is 5.91 Å². The smallest absolute Gasteiger partial charge is 0.224 e. The molecule has 0 bridgehead atoms. The Labute approximate surface area is 114 Å². The Kier molecular flexibility index (Phi) is 1.38. The minimum Gasteiger partial charge on any atom is -0.369 e. The van der Waals surface area contributed by atoms with Crippen LogP contribution in [0.15, 0.2) is 23.8 Å². The van der Waals surface area contributed by atoms with Crippen molar-refractivity contribution >= 4 is 23.1 Å². The number of primary amides is 1. The molecule has 2 aliphatic carbocycles. The highest BCUT2D eigenvalue weighted by Crippen LogP contribution is 2.44. The number of carbonyl (C=O) groups is 1. The van der Waals surface area contributed by atoms with E-state index in [9.17, 15) is 4.79 Å². The third kappa shape index (κ3) is 1.67. The third-order valence-electron chi connectivity index (χ3n) is 3.08. The standard InChI is InChI=1S/C14H14ClNO/c15-9-5-4-8-6-13-10(12(8)7-9)2-1-3-11(13)14(16)17/h4-5,7,11H,1-3,6H2,(H2,16,17)/i1D2,2D2,3D2. The highest BCUT2D eigenvalue weighted by Gasteiger charge is 2.32. The van der Waals surface area contributed by atoms with Gasteiger partial charge in [0.15, 0.2) is 0 Å². The van der Waals surface area contributed by atoms with Crippen LogP contribution < -0.4 is 5.73 Å². The number of halogens is 1. The highest BCUT2D eigenvalue weighted by atomic mass is 35.5. The number of nitrogens with two attached hydrogens (primary N) is 1. The molecule has 0 heterocycles. The van der Waals surface area contributed by atoms with E-state index in [0.29, 0.717) is 16.1 Å². The Hall–Kier alpha value is -1.28. The monoisotopic (exact) mass is 253 g/mol. The molecule has 1 aromatic carbocycles. The summed E-state index contributed by atoms with van der Waals surface area (Å²) in [5.74, 6) is -2.52. The van der Waals surface area contributed by atoms with Crippen LogP contribution in [0, 0.1) is 5.92 Å². The Morgan fingerprint density at radius 2 is 2.35 bits per heavy atom. The first-order valence-electron chi connectivity index (χ1n) is 8.24. The maximum absolute atomic E-state index is 11.9. The molecule has 17 heavy (non-hydrogen) atoms. The van der Waals surface area contributed by atoms with E-state index in [-0.39, 0.29) is 17.6 Å². The van der Waals surface area contributed by atoms with Crippen molar-refractivity contribution in [2.75, 3.05) is 0 Å². The number of fused-ring (bicyclic) bond motifs is 2. The molecule has 1 aromatic rings. The van der Waals surface area contributed by atoms with Crippen LogP contribution in [0.5, 0.6) is 0 Å². The molecular formula is C14H14ClNO. The van der Waals surface area contributed by atoms with E-state index in [0.717, 1.165) is 0 Å². The zero-order chi connectivity index (χ0) is 17.4. The van der Waals surface area contributed by atoms with E-state index in [2.05, 4.69) is 0 Å². The molecule has 3 heteroatoms. The lowest BCUT2D eigenvalue weighted by Gasteiger charge is -2.22. The SMILES string of the molecule is [2H]C1([2H])C2=C(Cc3ccc(Cl)cc32)C(C(N)=O)C([2H])([2H])C1([2H])[2H]. The fourth-order valence-electron chi connectivity index (χ4n) is 2.30. The summed E-state index contributed by atoms with van der Waals surface area (Å²) < 4.78 is 48.7. The van der Waals surface area contributed by atoms with Gasteiger partial charge in [0, 0.05) is 13.2 Å². The first kappa shape index (κ1) is 6.05. The molecule has 3 rings (SSSR count). The van der Waals surface area contributed by atoms with Crippen LogP contribution in [-0.2, 0) is 11.2 Å². The van der Waals surface area contributed by atoms with Crippen molar-refractivity contribution in [3.63, 3.8) is 0 Å². The van der Waals surface area contributed by atoms with E-state index in [1.165, 1.54) is 6.07 Å². The largest absolute Gasteiger partial charge is 0.369 e. The van der Waals surface area contributed by atoms with Crippen LogP contribution in [0.4, 0.5) is 0 Å². The lowest BCUT2D eigenvalue weighted by atomic mass is 9.82. The number of rotatable bonds is 1. The lowest BCUT2D eigenvalue weighted by Crippen LogP contribution is -2.27. The molecule has 2 aliphatic rings. The van der Waals surface area contributed by atoms with E-state index in [1.54, 1.807) is 12.1 Å². The molecule has 88 valence electrons. The summed E-state index contributed by atoms with van der Waals surface area (Å²) in [6.45, 7) is 0. The highest BCUT2D eigenvalue weighted by molar-refractivity contribution is 6.30.